The van der Waals surface area contributed by atoms with Crippen molar-refractivity contribution in [1.82, 2.24) is 0 Å². The average Bonchev–Trinajstić information content (AvgIpc) is 1.84. The van der Waals surface area contributed by atoms with Gasteiger partial charge in [-0.1, -0.05) is 34.8 Å². The van der Waals surface area contributed by atoms with Crippen molar-refractivity contribution >= 4 is 49.2 Å². The lowest BCUT2D eigenvalue weighted by molar-refractivity contribution is -0.135. The largest absolute Gasteiger partial charge is 0.465 e. The molecule has 0 aromatic heterocycles. The van der Waals surface area contributed by atoms with Crippen molar-refractivity contribution in [3.63, 3.8) is 0 Å². The molecule has 0 saturated heterocycles. The predicted octanol–water partition coefficient (Wildman–Crippen LogP) is 1.66. The Kier molecular flexibility index (Phi) is 7.54. The SMILES string of the molecule is COC(=O)C(Cl)=C(Cl)Cl.[B]. The fraction of sp³-hybridized carbons (Fsp3) is 0.250. The van der Waals surface area contributed by atoms with Gasteiger partial charge in [0.15, 0.2) is 5.03 Å². The fourth-order valence-corrected chi connectivity index (χ4v) is 0.398. The minimum atomic E-state index is -0.739. The van der Waals surface area contributed by atoms with E-state index in [0.717, 1.165) is 0 Å². The Balaban J connectivity index is 0. The van der Waals surface area contributed by atoms with Gasteiger partial charge in [-0.2, -0.15) is 0 Å². The first kappa shape index (κ1) is 12.8. The van der Waals surface area contributed by atoms with Crippen molar-refractivity contribution in [2.75, 3.05) is 7.11 Å². The lowest BCUT2D eigenvalue weighted by Crippen LogP contribution is -1.99. The highest BCUT2D eigenvalue weighted by Gasteiger charge is 2.09. The van der Waals surface area contributed by atoms with E-state index >= 15 is 0 Å². The molecule has 0 aliphatic rings. The van der Waals surface area contributed by atoms with Crippen molar-refractivity contribution in [2.45, 2.75) is 0 Å². The van der Waals surface area contributed by atoms with Crippen LogP contribution < -0.4 is 0 Å². The Morgan fingerprint density at radius 3 is 1.80 bits per heavy atom. The number of ether oxygens (including phenoxy) is 1. The van der Waals surface area contributed by atoms with Crippen molar-refractivity contribution < 1.29 is 9.53 Å². The second kappa shape index (κ2) is 5.89. The van der Waals surface area contributed by atoms with E-state index in [1.54, 1.807) is 0 Å². The van der Waals surface area contributed by atoms with Crippen LogP contribution in [0, 0.1) is 0 Å². The van der Waals surface area contributed by atoms with E-state index in [0.29, 0.717) is 0 Å². The Hall–Kier alpha value is 0.145. The number of hydrogen-bond acceptors (Lipinski definition) is 2. The first-order valence-electron chi connectivity index (χ1n) is 1.88. The van der Waals surface area contributed by atoms with Gasteiger partial charge < -0.3 is 4.74 Å². The molecule has 0 heterocycles. The predicted molar refractivity (Wildman–Crippen MR) is 42.4 cm³/mol. The van der Waals surface area contributed by atoms with Crippen LogP contribution in [0.4, 0.5) is 0 Å². The fourth-order valence-electron chi connectivity index (χ4n) is 0.167. The topological polar surface area (TPSA) is 26.3 Å². The van der Waals surface area contributed by atoms with Crippen LogP contribution in [0.3, 0.4) is 0 Å². The number of halogens is 3. The summed E-state index contributed by atoms with van der Waals surface area (Å²) >= 11 is 15.4. The van der Waals surface area contributed by atoms with E-state index in [-0.39, 0.29) is 17.9 Å². The van der Waals surface area contributed by atoms with Gasteiger partial charge in [-0.25, -0.2) is 4.79 Å². The zero-order valence-corrected chi connectivity index (χ0v) is 7.30. The third kappa shape index (κ3) is 4.04. The zero-order chi connectivity index (χ0) is 7.44. The Labute approximate surface area is 75.7 Å². The van der Waals surface area contributed by atoms with Gasteiger partial charge in [0.25, 0.3) is 0 Å². The van der Waals surface area contributed by atoms with E-state index in [9.17, 15) is 4.79 Å². The molecule has 3 radical (unpaired) electrons. The van der Waals surface area contributed by atoms with Gasteiger partial charge in [0.1, 0.15) is 4.49 Å². The standard InChI is InChI=1S/C4H3Cl3O2.B/c1-9-4(8)2(5)3(6)7;/h1H3;. The third-order valence-corrected chi connectivity index (χ3v) is 1.45. The Bertz CT molecular complexity index is 153. The van der Waals surface area contributed by atoms with Gasteiger partial charge in [-0.15, -0.1) is 0 Å². The van der Waals surface area contributed by atoms with Crippen LogP contribution in [-0.4, -0.2) is 21.5 Å². The monoisotopic (exact) mass is 199 g/mol. The van der Waals surface area contributed by atoms with Crippen LogP contribution in [-0.2, 0) is 9.53 Å². The van der Waals surface area contributed by atoms with Gasteiger partial charge in [-0.3, -0.25) is 0 Å². The van der Waals surface area contributed by atoms with Gasteiger partial charge in [0, 0.05) is 8.41 Å². The molecule has 0 rings (SSSR count). The summed E-state index contributed by atoms with van der Waals surface area (Å²) in [6.07, 6.45) is 0. The molecule has 0 aromatic rings. The molecular weight excluding hydrogens is 197 g/mol. The molecule has 55 valence electrons. The number of carbonyl (C=O) groups excluding carboxylic acids is 1. The number of rotatable bonds is 1. The molecule has 0 unspecified atom stereocenters. The summed E-state index contributed by atoms with van der Waals surface area (Å²) in [5.41, 5.74) is 0. The van der Waals surface area contributed by atoms with E-state index < -0.39 is 5.97 Å². The number of hydrogen-bond donors (Lipinski definition) is 0. The maximum atomic E-state index is 10.4. The molecule has 0 N–H and O–H groups in total. The van der Waals surface area contributed by atoms with Crippen molar-refractivity contribution in [1.29, 1.82) is 0 Å². The Morgan fingerprint density at radius 1 is 1.30 bits per heavy atom. The molecule has 6 heteroatoms. The molecule has 0 amide bonds. The second-order valence-corrected chi connectivity index (χ2v) is 2.39. The molecule has 0 aromatic carbocycles. The molecule has 0 fully saturated rings. The average molecular weight is 200 g/mol. The van der Waals surface area contributed by atoms with E-state index in [1.807, 2.05) is 0 Å². The molecule has 0 aliphatic heterocycles. The normalized spacial score (nSPS) is 7.60. The summed E-state index contributed by atoms with van der Waals surface area (Å²) in [4.78, 5) is 10.4. The van der Waals surface area contributed by atoms with Crippen molar-refractivity contribution in [3.05, 3.63) is 9.52 Å². The molecule has 0 atom stereocenters. The van der Waals surface area contributed by atoms with E-state index in [4.69, 9.17) is 34.8 Å². The summed E-state index contributed by atoms with van der Waals surface area (Å²) in [6, 6.07) is 0. The molecular formula is C4H3BCl3O2. The summed E-state index contributed by atoms with van der Waals surface area (Å²) in [5.74, 6) is -0.739. The van der Waals surface area contributed by atoms with Crippen molar-refractivity contribution in [2.24, 2.45) is 0 Å². The molecule has 2 nitrogen and oxygen atoms in total. The summed E-state index contributed by atoms with van der Waals surface area (Å²) in [6.45, 7) is 0. The highest BCUT2D eigenvalue weighted by molar-refractivity contribution is 6.62. The molecule has 0 bridgehead atoms. The second-order valence-electron chi connectivity index (χ2n) is 1.07. The lowest BCUT2D eigenvalue weighted by Gasteiger charge is -1.93. The van der Waals surface area contributed by atoms with Crippen LogP contribution in [0.2, 0.25) is 0 Å². The minimum Gasteiger partial charge on any atom is -0.465 e. The van der Waals surface area contributed by atoms with E-state index in [2.05, 4.69) is 4.74 Å². The highest BCUT2D eigenvalue weighted by Crippen LogP contribution is 2.18. The molecule has 0 spiro atoms. The van der Waals surface area contributed by atoms with Gasteiger partial charge in [0.05, 0.1) is 7.11 Å². The number of methoxy groups -OCH3 is 1. The highest BCUT2D eigenvalue weighted by atomic mass is 35.5. The van der Waals surface area contributed by atoms with E-state index in [1.165, 1.54) is 7.11 Å². The van der Waals surface area contributed by atoms with Crippen LogP contribution >= 0.6 is 34.8 Å². The van der Waals surface area contributed by atoms with Crippen LogP contribution in [0.15, 0.2) is 9.52 Å². The van der Waals surface area contributed by atoms with Crippen LogP contribution in [0.5, 0.6) is 0 Å². The summed E-state index contributed by atoms with van der Waals surface area (Å²) < 4.78 is 3.89. The van der Waals surface area contributed by atoms with Gasteiger partial charge in [0.2, 0.25) is 0 Å². The first-order chi connectivity index (χ1) is 4.09. The minimum absolute atomic E-state index is 0. The molecule has 10 heavy (non-hydrogen) atoms. The molecule has 0 aliphatic carbocycles. The smallest absolute Gasteiger partial charge is 0.351 e. The van der Waals surface area contributed by atoms with Gasteiger partial charge >= 0.3 is 5.97 Å². The zero-order valence-electron chi connectivity index (χ0n) is 5.03. The van der Waals surface area contributed by atoms with Crippen LogP contribution in [0.25, 0.3) is 0 Å². The Morgan fingerprint density at radius 2 is 1.70 bits per heavy atom. The maximum Gasteiger partial charge on any atom is 0.351 e. The van der Waals surface area contributed by atoms with Crippen molar-refractivity contribution in [3.8, 4) is 0 Å². The number of esters is 1. The molecule has 0 saturated carbocycles. The van der Waals surface area contributed by atoms with Crippen LogP contribution in [0.1, 0.15) is 0 Å². The van der Waals surface area contributed by atoms with Gasteiger partial charge in [-0.05, 0) is 0 Å². The quantitative estimate of drug-likeness (QED) is 0.365. The maximum absolute atomic E-state index is 10.4. The number of carbonyl (C=O) groups is 1. The summed E-state index contributed by atoms with van der Waals surface area (Å²) in [5, 5.41) is -0.305. The summed E-state index contributed by atoms with van der Waals surface area (Å²) in [7, 11) is 1.18. The first-order valence-corrected chi connectivity index (χ1v) is 3.02. The lowest BCUT2D eigenvalue weighted by atomic mass is 10.6. The third-order valence-electron chi connectivity index (χ3n) is 0.531.